The molecular weight excluding hydrogens is 340 g/mol. The lowest BCUT2D eigenvalue weighted by Crippen LogP contribution is -2.51. The van der Waals surface area contributed by atoms with Crippen LogP contribution in [0.15, 0.2) is 29.2 Å². The second kappa shape index (κ2) is 7.74. The highest BCUT2D eigenvalue weighted by Crippen LogP contribution is 2.27. The fourth-order valence-corrected chi connectivity index (χ4v) is 5.03. The van der Waals surface area contributed by atoms with Crippen molar-refractivity contribution in [2.45, 2.75) is 37.5 Å². The maximum atomic E-state index is 12.8. The SMILES string of the molecule is CCOc1ccc(S(=O)(=O)N2CCN(C(=O)C3CCCC3)CC2)cc1. The van der Waals surface area contributed by atoms with Gasteiger partial charge in [0.2, 0.25) is 15.9 Å². The number of hydrogen-bond acceptors (Lipinski definition) is 4. The lowest BCUT2D eigenvalue weighted by atomic mass is 10.1. The number of carbonyl (C=O) groups is 1. The molecule has 1 aliphatic heterocycles. The number of rotatable bonds is 5. The zero-order chi connectivity index (χ0) is 17.9. The Hall–Kier alpha value is -1.60. The van der Waals surface area contributed by atoms with Crippen molar-refractivity contribution in [1.29, 1.82) is 0 Å². The predicted octanol–water partition coefficient (Wildman–Crippen LogP) is 2.11. The van der Waals surface area contributed by atoms with E-state index in [-0.39, 0.29) is 16.7 Å². The summed E-state index contributed by atoms with van der Waals surface area (Å²) in [5, 5.41) is 0. The third-order valence-electron chi connectivity index (χ3n) is 5.03. The molecule has 1 saturated carbocycles. The molecule has 0 atom stereocenters. The van der Waals surface area contributed by atoms with Gasteiger partial charge in [-0.25, -0.2) is 8.42 Å². The Bertz CT molecular complexity index is 688. The largest absolute Gasteiger partial charge is 0.494 e. The third-order valence-corrected chi connectivity index (χ3v) is 6.94. The quantitative estimate of drug-likeness (QED) is 0.800. The molecular formula is C18H26N2O4S. The Morgan fingerprint density at radius 3 is 2.24 bits per heavy atom. The minimum Gasteiger partial charge on any atom is -0.494 e. The molecule has 0 N–H and O–H groups in total. The number of ether oxygens (including phenoxy) is 1. The van der Waals surface area contributed by atoms with Gasteiger partial charge in [0.15, 0.2) is 0 Å². The molecule has 6 nitrogen and oxygen atoms in total. The first-order chi connectivity index (χ1) is 12.0. The molecule has 1 heterocycles. The number of carbonyl (C=O) groups excluding carboxylic acids is 1. The standard InChI is InChI=1S/C18H26N2O4S/c1-2-24-16-7-9-17(10-8-16)25(22,23)20-13-11-19(12-14-20)18(21)15-5-3-4-6-15/h7-10,15H,2-6,11-14H2,1H3. The lowest BCUT2D eigenvalue weighted by molar-refractivity contribution is -0.136. The molecule has 2 fully saturated rings. The molecule has 7 heteroatoms. The minimum atomic E-state index is -3.52. The van der Waals surface area contributed by atoms with E-state index in [2.05, 4.69) is 0 Å². The zero-order valence-electron chi connectivity index (χ0n) is 14.7. The van der Waals surface area contributed by atoms with E-state index in [9.17, 15) is 13.2 Å². The van der Waals surface area contributed by atoms with E-state index in [0.29, 0.717) is 38.5 Å². The maximum Gasteiger partial charge on any atom is 0.243 e. The van der Waals surface area contributed by atoms with Crippen LogP contribution in [0.3, 0.4) is 0 Å². The molecule has 1 amide bonds. The smallest absolute Gasteiger partial charge is 0.243 e. The second-order valence-corrected chi connectivity index (χ2v) is 8.55. The average molecular weight is 366 g/mol. The Balaban J connectivity index is 1.61. The minimum absolute atomic E-state index is 0.147. The summed E-state index contributed by atoms with van der Waals surface area (Å²) in [7, 11) is -3.52. The Kier molecular flexibility index (Phi) is 5.64. The average Bonchev–Trinajstić information content (AvgIpc) is 3.17. The molecule has 1 aromatic carbocycles. The van der Waals surface area contributed by atoms with Crippen molar-refractivity contribution in [2.24, 2.45) is 5.92 Å². The van der Waals surface area contributed by atoms with Crippen LogP contribution in [0.1, 0.15) is 32.6 Å². The number of piperazine rings is 1. The fraction of sp³-hybridized carbons (Fsp3) is 0.611. The molecule has 0 radical (unpaired) electrons. The predicted molar refractivity (Wildman–Crippen MR) is 94.9 cm³/mol. The van der Waals surface area contributed by atoms with E-state index >= 15 is 0 Å². The van der Waals surface area contributed by atoms with Crippen LogP contribution in [-0.2, 0) is 14.8 Å². The number of hydrogen-bond donors (Lipinski definition) is 0. The molecule has 0 unspecified atom stereocenters. The highest BCUT2D eigenvalue weighted by molar-refractivity contribution is 7.89. The van der Waals surface area contributed by atoms with Crippen LogP contribution in [0.2, 0.25) is 0 Å². The molecule has 138 valence electrons. The van der Waals surface area contributed by atoms with Gasteiger partial charge in [0.1, 0.15) is 5.75 Å². The van der Waals surface area contributed by atoms with Gasteiger partial charge >= 0.3 is 0 Å². The van der Waals surface area contributed by atoms with Crippen molar-refractivity contribution in [3.63, 3.8) is 0 Å². The molecule has 0 spiro atoms. The molecule has 1 saturated heterocycles. The molecule has 1 aliphatic carbocycles. The summed E-state index contributed by atoms with van der Waals surface area (Å²) < 4.78 is 32.4. The Morgan fingerprint density at radius 2 is 1.68 bits per heavy atom. The van der Waals surface area contributed by atoms with E-state index in [1.54, 1.807) is 24.3 Å². The van der Waals surface area contributed by atoms with E-state index in [1.165, 1.54) is 4.31 Å². The highest BCUT2D eigenvalue weighted by atomic mass is 32.2. The first-order valence-electron chi connectivity index (χ1n) is 9.04. The van der Waals surface area contributed by atoms with E-state index < -0.39 is 10.0 Å². The van der Waals surface area contributed by atoms with E-state index in [4.69, 9.17) is 4.74 Å². The van der Waals surface area contributed by atoms with Crippen LogP contribution in [0.25, 0.3) is 0 Å². The number of sulfonamides is 1. The van der Waals surface area contributed by atoms with Gasteiger partial charge in [0.25, 0.3) is 0 Å². The zero-order valence-corrected chi connectivity index (χ0v) is 15.5. The van der Waals surface area contributed by atoms with Crippen LogP contribution in [0.5, 0.6) is 5.75 Å². The van der Waals surface area contributed by atoms with Gasteiger partial charge in [-0.05, 0) is 44.0 Å². The van der Waals surface area contributed by atoms with E-state index in [0.717, 1.165) is 25.7 Å². The van der Waals surface area contributed by atoms with Crippen molar-refractivity contribution in [3.05, 3.63) is 24.3 Å². The third kappa shape index (κ3) is 3.98. The van der Waals surface area contributed by atoms with Crippen LogP contribution >= 0.6 is 0 Å². The van der Waals surface area contributed by atoms with Gasteiger partial charge in [-0.1, -0.05) is 12.8 Å². The van der Waals surface area contributed by atoms with Crippen LogP contribution < -0.4 is 4.74 Å². The number of benzene rings is 1. The Labute approximate surface area is 149 Å². The van der Waals surface area contributed by atoms with Crippen molar-refractivity contribution < 1.29 is 17.9 Å². The molecule has 25 heavy (non-hydrogen) atoms. The van der Waals surface area contributed by atoms with Crippen LogP contribution in [-0.4, -0.2) is 56.3 Å². The van der Waals surface area contributed by atoms with Crippen molar-refractivity contribution in [3.8, 4) is 5.75 Å². The van der Waals surface area contributed by atoms with Gasteiger partial charge in [0, 0.05) is 32.1 Å². The Morgan fingerprint density at radius 1 is 1.08 bits per heavy atom. The van der Waals surface area contributed by atoms with Gasteiger partial charge in [-0.15, -0.1) is 0 Å². The van der Waals surface area contributed by atoms with E-state index in [1.807, 2.05) is 11.8 Å². The summed E-state index contributed by atoms with van der Waals surface area (Å²) in [6.07, 6.45) is 4.21. The van der Waals surface area contributed by atoms with Gasteiger partial charge in [0.05, 0.1) is 11.5 Å². The summed E-state index contributed by atoms with van der Waals surface area (Å²) >= 11 is 0. The maximum absolute atomic E-state index is 12.8. The molecule has 2 aliphatic rings. The summed E-state index contributed by atoms with van der Waals surface area (Å²) in [6, 6.07) is 6.51. The van der Waals surface area contributed by atoms with Crippen molar-refractivity contribution in [1.82, 2.24) is 9.21 Å². The number of amides is 1. The fourth-order valence-electron chi connectivity index (χ4n) is 3.60. The highest BCUT2D eigenvalue weighted by Gasteiger charge is 2.33. The monoisotopic (exact) mass is 366 g/mol. The summed E-state index contributed by atoms with van der Waals surface area (Å²) in [5.74, 6) is 1.01. The van der Waals surface area contributed by atoms with Crippen LogP contribution in [0, 0.1) is 5.92 Å². The normalized spacial score (nSPS) is 20.0. The summed E-state index contributed by atoms with van der Waals surface area (Å²) in [5.41, 5.74) is 0. The second-order valence-electron chi connectivity index (χ2n) is 6.62. The molecule has 0 bridgehead atoms. The van der Waals surface area contributed by atoms with Crippen LogP contribution in [0.4, 0.5) is 0 Å². The summed E-state index contributed by atoms with van der Waals surface area (Å²) in [6.45, 7) is 4.10. The summed E-state index contributed by atoms with van der Waals surface area (Å²) in [4.78, 5) is 14.6. The molecule has 3 rings (SSSR count). The molecule has 0 aromatic heterocycles. The lowest BCUT2D eigenvalue weighted by Gasteiger charge is -2.35. The van der Waals surface area contributed by atoms with Gasteiger partial charge < -0.3 is 9.64 Å². The molecule has 1 aromatic rings. The van der Waals surface area contributed by atoms with Crippen molar-refractivity contribution in [2.75, 3.05) is 32.8 Å². The first kappa shape index (κ1) is 18.2. The van der Waals surface area contributed by atoms with Gasteiger partial charge in [-0.2, -0.15) is 4.31 Å². The van der Waals surface area contributed by atoms with Gasteiger partial charge in [-0.3, -0.25) is 4.79 Å². The number of nitrogens with zero attached hydrogens (tertiary/aromatic N) is 2. The first-order valence-corrected chi connectivity index (χ1v) is 10.5. The topological polar surface area (TPSA) is 66.9 Å². The van der Waals surface area contributed by atoms with Crippen molar-refractivity contribution >= 4 is 15.9 Å².